The molecule has 36 heavy (non-hydrogen) atoms. The normalized spacial score (nSPS) is 19.3. The second-order valence-corrected chi connectivity index (χ2v) is 10.7. The summed E-state index contributed by atoms with van der Waals surface area (Å²) in [4.78, 5) is 8.05. The third kappa shape index (κ3) is 6.90. The van der Waals surface area contributed by atoms with Crippen molar-refractivity contribution in [3.8, 4) is 11.5 Å². The van der Waals surface area contributed by atoms with E-state index in [2.05, 4.69) is 22.0 Å². The molecule has 3 atom stereocenters. The molecular formula is C29H37FN2O3S. The number of methoxy groups -OCH3 is 2. The van der Waals surface area contributed by atoms with Crippen LogP contribution in [-0.2, 0) is 0 Å². The van der Waals surface area contributed by atoms with E-state index in [1.54, 1.807) is 26.5 Å². The van der Waals surface area contributed by atoms with Crippen LogP contribution in [0.4, 0.5) is 4.39 Å². The molecule has 0 saturated carbocycles. The van der Waals surface area contributed by atoms with Gasteiger partial charge < -0.3 is 19.5 Å². The van der Waals surface area contributed by atoms with E-state index in [1.165, 1.54) is 4.90 Å². The van der Waals surface area contributed by atoms with Gasteiger partial charge >= 0.3 is 0 Å². The summed E-state index contributed by atoms with van der Waals surface area (Å²) >= 11 is 1.85. The number of piperidine rings is 1. The van der Waals surface area contributed by atoms with Crippen molar-refractivity contribution in [2.75, 3.05) is 46.2 Å². The smallest absolute Gasteiger partial charge is 0.126 e. The number of aliphatic hydroxyl groups is 1. The molecule has 1 aliphatic rings. The Morgan fingerprint density at radius 3 is 2.75 bits per heavy atom. The van der Waals surface area contributed by atoms with Crippen LogP contribution in [0.15, 0.2) is 59.6 Å². The van der Waals surface area contributed by atoms with E-state index in [-0.39, 0.29) is 12.5 Å². The molecule has 2 heterocycles. The number of ether oxygens (including phenoxy) is 2. The van der Waals surface area contributed by atoms with Crippen molar-refractivity contribution in [1.82, 2.24) is 9.88 Å². The van der Waals surface area contributed by atoms with Gasteiger partial charge in [-0.25, -0.2) is 4.39 Å². The molecule has 4 rings (SSSR count). The molecule has 0 spiro atoms. The third-order valence-corrected chi connectivity index (χ3v) is 8.33. The molecule has 2 aromatic carbocycles. The van der Waals surface area contributed by atoms with Crippen molar-refractivity contribution < 1.29 is 19.0 Å². The lowest BCUT2D eigenvalue weighted by molar-refractivity contribution is 0.0640. The highest BCUT2D eigenvalue weighted by atomic mass is 32.2. The predicted octanol–water partition coefficient (Wildman–Crippen LogP) is 6.16. The number of likely N-dealkylation sites (tertiary alicyclic amines) is 1. The Morgan fingerprint density at radius 1 is 1.11 bits per heavy atom. The van der Waals surface area contributed by atoms with E-state index in [4.69, 9.17) is 9.47 Å². The van der Waals surface area contributed by atoms with E-state index < -0.39 is 6.17 Å². The molecule has 1 N–H and O–H groups in total. The maximum Gasteiger partial charge on any atom is 0.126 e. The van der Waals surface area contributed by atoms with E-state index in [0.29, 0.717) is 23.7 Å². The molecule has 1 saturated heterocycles. The summed E-state index contributed by atoms with van der Waals surface area (Å²) in [5, 5.41) is 10.9. The Balaban J connectivity index is 1.25. The van der Waals surface area contributed by atoms with Gasteiger partial charge in [0.25, 0.3) is 0 Å². The fourth-order valence-corrected chi connectivity index (χ4v) is 6.06. The van der Waals surface area contributed by atoms with Crippen LogP contribution < -0.4 is 9.47 Å². The van der Waals surface area contributed by atoms with Gasteiger partial charge in [-0.2, -0.15) is 0 Å². The first kappa shape index (κ1) is 26.7. The average molecular weight is 513 g/mol. The molecule has 0 amide bonds. The molecule has 5 nitrogen and oxygen atoms in total. The molecule has 194 valence electrons. The standard InChI is InChI=1S/C29H37FN2O3S/c1-34-23-5-3-6-25(17-23)36-16-4-14-32-15-12-21(22(19-32)20-33)7-9-28(30)26-11-13-31-29-10-8-24(35-2)18-27(26)29/h3,5-6,8,10-11,13,17-18,21-22,28,33H,4,7,9,12,14-16,19-20H2,1-2H3/t21-,22-,28-/m1/s1. The summed E-state index contributed by atoms with van der Waals surface area (Å²) in [7, 11) is 3.31. The van der Waals surface area contributed by atoms with Gasteiger partial charge in [0, 0.05) is 29.6 Å². The zero-order valence-corrected chi connectivity index (χ0v) is 22.1. The number of aromatic nitrogens is 1. The van der Waals surface area contributed by atoms with Crippen molar-refractivity contribution in [3.05, 3.63) is 60.3 Å². The third-order valence-electron chi connectivity index (χ3n) is 7.25. The van der Waals surface area contributed by atoms with E-state index >= 15 is 4.39 Å². The number of thioether (sulfide) groups is 1. The summed E-state index contributed by atoms with van der Waals surface area (Å²) < 4.78 is 26.0. The fourth-order valence-electron chi connectivity index (χ4n) is 5.18. The number of aliphatic hydroxyl groups excluding tert-OH is 1. The summed E-state index contributed by atoms with van der Waals surface area (Å²) in [5.74, 6) is 3.19. The zero-order chi connectivity index (χ0) is 25.3. The van der Waals surface area contributed by atoms with Crippen LogP contribution in [-0.4, -0.2) is 61.2 Å². The minimum atomic E-state index is -1.06. The first-order valence-electron chi connectivity index (χ1n) is 12.8. The lowest BCUT2D eigenvalue weighted by Gasteiger charge is -2.38. The Labute approximate surface area is 218 Å². The number of fused-ring (bicyclic) bond motifs is 1. The molecule has 3 aromatic rings. The van der Waals surface area contributed by atoms with Crippen LogP contribution in [0.1, 0.15) is 37.4 Å². The maximum atomic E-state index is 15.4. The van der Waals surface area contributed by atoms with Crippen LogP contribution in [0.5, 0.6) is 11.5 Å². The van der Waals surface area contributed by atoms with Crippen molar-refractivity contribution in [3.63, 3.8) is 0 Å². The average Bonchev–Trinajstić information content (AvgIpc) is 2.93. The molecule has 0 bridgehead atoms. The summed E-state index contributed by atoms with van der Waals surface area (Å²) in [6.45, 7) is 3.08. The van der Waals surface area contributed by atoms with Gasteiger partial charge in [-0.05, 0) is 104 Å². The predicted molar refractivity (Wildman–Crippen MR) is 145 cm³/mol. The van der Waals surface area contributed by atoms with Crippen LogP contribution in [0.2, 0.25) is 0 Å². The molecular weight excluding hydrogens is 475 g/mol. The lowest BCUT2D eigenvalue weighted by atomic mass is 9.81. The maximum absolute atomic E-state index is 15.4. The number of pyridine rings is 1. The first-order chi connectivity index (χ1) is 17.6. The zero-order valence-electron chi connectivity index (χ0n) is 21.2. The summed E-state index contributed by atoms with van der Waals surface area (Å²) in [6.07, 6.45) is 3.95. The van der Waals surface area contributed by atoms with Crippen LogP contribution in [0, 0.1) is 11.8 Å². The second kappa shape index (κ2) is 13.3. The van der Waals surface area contributed by atoms with E-state index in [1.807, 2.05) is 42.1 Å². The Morgan fingerprint density at radius 2 is 1.94 bits per heavy atom. The van der Waals surface area contributed by atoms with Crippen molar-refractivity contribution in [2.45, 2.75) is 36.8 Å². The Bertz CT molecular complexity index is 1110. The number of halogens is 1. The summed E-state index contributed by atoms with van der Waals surface area (Å²) in [6, 6.07) is 15.5. The number of alkyl halides is 1. The Hall–Kier alpha value is -2.35. The largest absolute Gasteiger partial charge is 0.497 e. The molecule has 1 fully saturated rings. The van der Waals surface area contributed by atoms with Gasteiger partial charge in [0.1, 0.15) is 17.7 Å². The van der Waals surface area contributed by atoms with Crippen molar-refractivity contribution in [1.29, 1.82) is 0 Å². The number of rotatable bonds is 12. The van der Waals surface area contributed by atoms with E-state index in [9.17, 15) is 5.11 Å². The highest BCUT2D eigenvalue weighted by Gasteiger charge is 2.29. The van der Waals surface area contributed by atoms with Gasteiger partial charge in [-0.3, -0.25) is 4.98 Å². The van der Waals surface area contributed by atoms with Gasteiger partial charge in [0.05, 0.1) is 19.7 Å². The lowest BCUT2D eigenvalue weighted by Crippen LogP contribution is -2.42. The number of benzene rings is 2. The monoisotopic (exact) mass is 512 g/mol. The topological polar surface area (TPSA) is 54.8 Å². The summed E-state index contributed by atoms with van der Waals surface area (Å²) in [5.41, 5.74) is 1.45. The van der Waals surface area contributed by atoms with Crippen LogP contribution in [0.3, 0.4) is 0 Å². The number of hydrogen-bond acceptors (Lipinski definition) is 6. The molecule has 0 aliphatic carbocycles. The van der Waals surface area contributed by atoms with Gasteiger partial charge in [0.15, 0.2) is 0 Å². The second-order valence-electron chi connectivity index (χ2n) is 9.50. The van der Waals surface area contributed by atoms with Crippen LogP contribution in [0.25, 0.3) is 10.9 Å². The number of nitrogens with zero attached hydrogens (tertiary/aromatic N) is 2. The van der Waals surface area contributed by atoms with Crippen LogP contribution >= 0.6 is 11.8 Å². The molecule has 0 unspecified atom stereocenters. The molecule has 1 aliphatic heterocycles. The van der Waals surface area contributed by atoms with Crippen molar-refractivity contribution in [2.24, 2.45) is 11.8 Å². The van der Waals surface area contributed by atoms with Gasteiger partial charge in [-0.1, -0.05) is 6.07 Å². The minimum Gasteiger partial charge on any atom is -0.497 e. The molecule has 0 radical (unpaired) electrons. The minimum absolute atomic E-state index is 0.159. The highest BCUT2D eigenvalue weighted by molar-refractivity contribution is 7.99. The van der Waals surface area contributed by atoms with Gasteiger partial charge in [-0.15, -0.1) is 11.8 Å². The van der Waals surface area contributed by atoms with E-state index in [0.717, 1.165) is 61.3 Å². The fraction of sp³-hybridized carbons (Fsp3) is 0.483. The molecule has 1 aromatic heterocycles. The van der Waals surface area contributed by atoms with Gasteiger partial charge in [0.2, 0.25) is 0 Å². The quantitative estimate of drug-likeness (QED) is 0.232. The van der Waals surface area contributed by atoms with Crippen molar-refractivity contribution >= 4 is 22.7 Å². The highest BCUT2D eigenvalue weighted by Crippen LogP contribution is 2.35. The number of hydrogen-bond donors (Lipinski definition) is 1. The SMILES string of the molecule is COc1cccc(SCCCN2CC[C@@H](CC[C@@H](F)c3ccnc4ccc(OC)cc34)[C@@H](CO)C2)c1. The molecule has 7 heteroatoms. The first-order valence-corrected chi connectivity index (χ1v) is 13.8. The Kier molecular flexibility index (Phi) is 9.84.